The molecule has 1 aliphatic rings. The smallest absolute Gasteiger partial charge is 0.225 e. The lowest BCUT2D eigenvalue weighted by Gasteiger charge is -2.33. The Morgan fingerprint density at radius 1 is 1.30 bits per heavy atom. The molecule has 1 aromatic heterocycles. The van der Waals surface area contributed by atoms with Crippen molar-refractivity contribution in [3.63, 3.8) is 0 Å². The van der Waals surface area contributed by atoms with Crippen LogP contribution in [0.25, 0.3) is 0 Å². The molecule has 1 unspecified atom stereocenters. The maximum absolute atomic E-state index is 12.5. The van der Waals surface area contributed by atoms with Gasteiger partial charge in [-0.15, -0.1) is 0 Å². The van der Waals surface area contributed by atoms with Gasteiger partial charge >= 0.3 is 0 Å². The van der Waals surface area contributed by atoms with Crippen molar-refractivity contribution in [2.24, 2.45) is 5.92 Å². The topological polar surface area (TPSA) is 45.2 Å². The zero-order valence-corrected chi connectivity index (χ0v) is 14.5. The summed E-state index contributed by atoms with van der Waals surface area (Å²) < 4.78 is 1.03. The van der Waals surface area contributed by atoms with Crippen LogP contribution in [0.2, 0.25) is 0 Å². The highest BCUT2D eigenvalue weighted by Gasteiger charge is 2.25. The molecule has 0 aliphatic carbocycles. The van der Waals surface area contributed by atoms with E-state index < -0.39 is 0 Å². The minimum Gasteiger partial charge on any atom is -0.371 e. The molecule has 1 aromatic carbocycles. The third-order valence-electron chi connectivity index (χ3n) is 4.18. The van der Waals surface area contributed by atoms with Crippen molar-refractivity contribution in [1.29, 1.82) is 0 Å². The van der Waals surface area contributed by atoms with Gasteiger partial charge in [-0.3, -0.25) is 9.78 Å². The SMILES string of the molecule is O=C(NCc1cccc(Br)c1)C1CCCN(c2ccncc2)C1. The number of hydrogen-bond acceptors (Lipinski definition) is 3. The lowest BCUT2D eigenvalue weighted by molar-refractivity contribution is -0.125. The summed E-state index contributed by atoms with van der Waals surface area (Å²) in [6, 6.07) is 12.0. The number of aromatic nitrogens is 1. The van der Waals surface area contributed by atoms with E-state index in [1.54, 1.807) is 12.4 Å². The number of piperidine rings is 1. The Morgan fingerprint density at radius 3 is 2.91 bits per heavy atom. The normalized spacial score (nSPS) is 17.8. The van der Waals surface area contributed by atoms with Crippen molar-refractivity contribution in [3.8, 4) is 0 Å². The van der Waals surface area contributed by atoms with Crippen molar-refractivity contribution in [1.82, 2.24) is 10.3 Å². The van der Waals surface area contributed by atoms with Gasteiger partial charge < -0.3 is 10.2 Å². The molecule has 2 aromatic rings. The number of anilines is 1. The number of carbonyl (C=O) groups excluding carboxylic acids is 1. The summed E-state index contributed by atoms with van der Waals surface area (Å²) in [5.41, 5.74) is 2.25. The molecule has 0 radical (unpaired) electrons. The highest BCUT2D eigenvalue weighted by Crippen LogP contribution is 2.22. The Kier molecular flexibility index (Phi) is 5.28. The molecule has 1 amide bonds. The molecule has 0 bridgehead atoms. The molecule has 1 saturated heterocycles. The van der Waals surface area contributed by atoms with Gasteiger partial charge in [-0.1, -0.05) is 28.1 Å². The Labute approximate surface area is 145 Å². The molecule has 23 heavy (non-hydrogen) atoms. The van der Waals surface area contributed by atoms with Gasteiger partial charge in [0.25, 0.3) is 0 Å². The fourth-order valence-corrected chi connectivity index (χ4v) is 3.41. The summed E-state index contributed by atoms with van der Waals surface area (Å²) in [6.45, 7) is 2.35. The van der Waals surface area contributed by atoms with Crippen LogP contribution in [-0.4, -0.2) is 24.0 Å². The third-order valence-corrected chi connectivity index (χ3v) is 4.67. The molecule has 1 atom stereocenters. The Morgan fingerprint density at radius 2 is 2.13 bits per heavy atom. The molecule has 4 nitrogen and oxygen atoms in total. The summed E-state index contributed by atoms with van der Waals surface area (Å²) in [7, 11) is 0. The van der Waals surface area contributed by atoms with Crippen LogP contribution in [0.4, 0.5) is 5.69 Å². The zero-order chi connectivity index (χ0) is 16.1. The van der Waals surface area contributed by atoms with Crippen LogP contribution < -0.4 is 10.2 Å². The molecule has 0 saturated carbocycles. The number of pyridine rings is 1. The van der Waals surface area contributed by atoms with Crippen LogP contribution in [0.3, 0.4) is 0 Å². The third kappa shape index (κ3) is 4.32. The minimum atomic E-state index is 0.0454. The first-order valence-electron chi connectivity index (χ1n) is 7.89. The van der Waals surface area contributed by atoms with Crippen LogP contribution in [0, 0.1) is 5.92 Å². The molecule has 1 N–H and O–H groups in total. The average molecular weight is 374 g/mol. The summed E-state index contributed by atoms with van der Waals surface area (Å²) in [6.07, 6.45) is 5.59. The van der Waals surface area contributed by atoms with Gasteiger partial charge in [0.2, 0.25) is 5.91 Å². The molecular weight excluding hydrogens is 354 g/mol. The van der Waals surface area contributed by atoms with E-state index in [0.717, 1.165) is 41.7 Å². The van der Waals surface area contributed by atoms with Crippen LogP contribution in [0.5, 0.6) is 0 Å². The van der Waals surface area contributed by atoms with E-state index in [1.165, 1.54) is 0 Å². The number of nitrogens with one attached hydrogen (secondary N) is 1. The molecule has 1 aliphatic heterocycles. The molecular formula is C18H20BrN3O. The number of rotatable bonds is 4. The van der Waals surface area contributed by atoms with Crippen molar-refractivity contribution >= 4 is 27.5 Å². The fraction of sp³-hybridized carbons (Fsp3) is 0.333. The second kappa shape index (κ2) is 7.59. The monoisotopic (exact) mass is 373 g/mol. The number of nitrogens with zero attached hydrogens (tertiary/aromatic N) is 2. The zero-order valence-electron chi connectivity index (χ0n) is 12.9. The van der Waals surface area contributed by atoms with E-state index >= 15 is 0 Å². The molecule has 0 spiro atoms. The van der Waals surface area contributed by atoms with E-state index in [-0.39, 0.29) is 11.8 Å². The van der Waals surface area contributed by atoms with Gasteiger partial charge in [-0.05, 0) is 42.7 Å². The van der Waals surface area contributed by atoms with Crippen molar-refractivity contribution < 1.29 is 4.79 Å². The van der Waals surface area contributed by atoms with Gasteiger partial charge in [0.05, 0.1) is 5.92 Å². The maximum atomic E-state index is 12.5. The summed E-state index contributed by atoms with van der Waals surface area (Å²) in [5, 5.41) is 3.07. The fourth-order valence-electron chi connectivity index (χ4n) is 2.96. The second-order valence-electron chi connectivity index (χ2n) is 5.84. The number of carbonyl (C=O) groups is 1. The number of halogens is 1. The molecule has 120 valence electrons. The van der Waals surface area contributed by atoms with Gasteiger partial charge in [0.1, 0.15) is 0 Å². The van der Waals surface area contributed by atoms with Gasteiger partial charge in [0, 0.05) is 42.2 Å². The summed E-state index contributed by atoms with van der Waals surface area (Å²) in [4.78, 5) is 18.8. The van der Waals surface area contributed by atoms with Gasteiger partial charge in [-0.2, -0.15) is 0 Å². The van der Waals surface area contributed by atoms with Crippen molar-refractivity contribution in [2.45, 2.75) is 19.4 Å². The van der Waals surface area contributed by atoms with E-state index in [2.05, 4.69) is 31.1 Å². The van der Waals surface area contributed by atoms with Crippen molar-refractivity contribution in [3.05, 3.63) is 58.8 Å². The maximum Gasteiger partial charge on any atom is 0.225 e. The van der Waals surface area contributed by atoms with Crippen LogP contribution in [0.15, 0.2) is 53.3 Å². The largest absolute Gasteiger partial charge is 0.371 e. The van der Waals surface area contributed by atoms with E-state index in [9.17, 15) is 4.79 Å². The second-order valence-corrected chi connectivity index (χ2v) is 6.75. The summed E-state index contributed by atoms with van der Waals surface area (Å²) >= 11 is 3.46. The standard InChI is InChI=1S/C18H20BrN3O/c19-16-5-1-3-14(11-16)12-21-18(23)15-4-2-10-22(13-15)17-6-8-20-9-7-17/h1,3,5-9,11,15H,2,4,10,12-13H2,(H,21,23). The molecule has 5 heteroatoms. The van der Waals surface area contributed by atoms with Crippen LogP contribution >= 0.6 is 15.9 Å². The first kappa shape index (κ1) is 16.0. The number of amides is 1. The highest BCUT2D eigenvalue weighted by molar-refractivity contribution is 9.10. The average Bonchev–Trinajstić information content (AvgIpc) is 2.61. The quantitative estimate of drug-likeness (QED) is 0.893. The van der Waals surface area contributed by atoms with Crippen LogP contribution in [-0.2, 0) is 11.3 Å². The minimum absolute atomic E-state index is 0.0454. The lowest BCUT2D eigenvalue weighted by atomic mass is 9.96. The Balaban J connectivity index is 1.57. The van der Waals surface area contributed by atoms with Crippen molar-refractivity contribution in [2.75, 3.05) is 18.0 Å². The number of benzene rings is 1. The highest BCUT2D eigenvalue weighted by atomic mass is 79.9. The van der Waals surface area contributed by atoms with Gasteiger partial charge in [0.15, 0.2) is 0 Å². The predicted molar refractivity (Wildman–Crippen MR) is 95.2 cm³/mol. The first-order chi connectivity index (χ1) is 11.2. The number of hydrogen-bond donors (Lipinski definition) is 1. The first-order valence-corrected chi connectivity index (χ1v) is 8.69. The molecule has 3 rings (SSSR count). The van der Waals surface area contributed by atoms with E-state index in [0.29, 0.717) is 6.54 Å². The predicted octanol–water partition coefficient (Wildman–Crippen LogP) is 3.38. The van der Waals surface area contributed by atoms with Gasteiger partial charge in [-0.25, -0.2) is 0 Å². The summed E-state index contributed by atoms with van der Waals surface area (Å²) in [5.74, 6) is 0.188. The van der Waals surface area contributed by atoms with Crippen LogP contribution in [0.1, 0.15) is 18.4 Å². The van der Waals surface area contributed by atoms with E-state index in [1.807, 2.05) is 36.4 Å². The van der Waals surface area contributed by atoms with E-state index in [4.69, 9.17) is 0 Å². The molecule has 1 fully saturated rings. The Hall–Kier alpha value is -1.88. The Bertz CT molecular complexity index is 662. The lowest BCUT2D eigenvalue weighted by Crippen LogP contribution is -2.43. The molecule has 2 heterocycles.